The number of para-hydroxylation sites is 1. The minimum atomic E-state index is -0.705. The molecule has 8 heteroatoms. The predicted molar refractivity (Wildman–Crippen MR) is 120 cm³/mol. The minimum absolute atomic E-state index is 0.0751. The molecular formula is C24H27N3O5. The van der Waals surface area contributed by atoms with Crippen molar-refractivity contribution in [3.63, 3.8) is 0 Å². The van der Waals surface area contributed by atoms with Crippen LogP contribution in [-0.4, -0.2) is 53.0 Å². The molecular weight excluding hydrogens is 410 g/mol. The van der Waals surface area contributed by atoms with E-state index in [1.807, 2.05) is 42.5 Å². The van der Waals surface area contributed by atoms with Crippen molar-refractivity contribution >= 4 is 5.91 Å². The van der Waals surface area contributed by atoms with Crippen LogP contribution in [0.1, 0.15) is 16.1 Å². The average Bonchev–Trinajstić information content (AvgIpc) is 2.82. The Hall–Kier alpha value is -3.46. The summed E-state index contributed by atoms with van der Waals surface area (Å²) in [6.45, 7) is 0.377. The number of aromatic nitrogens is 1. The second-order valence-electron chi connectivity index (χ2n) is 7.24. The van der Waals surface area contributed by atoms with E-state index >= 15 is 0 Å². The molecule has 3 rings (SSSR count). The number of aliphatic hydroxyl groups excluding tert-OH is 2. The van der Waals surface area contributed by atoms with Gasteiger partial charge in [-0.1, -0.05) is 36.4 Å². The normalized spacial score (nSPS) is 12.7. The van der Waals surface area contributed by atoms with Gasteiger partial charge in [0.15, 0.2) is 0 Å². The lowest BCUT2D eigenvalue weighted by molar-refractivity contribution is 0.0993. The predicted octanol–water partition coefficient (Wildman–Crippen LogP) is 1.91. The second kappa shape index (κ2) is 11.8. The van der Waals surface area contributed by atoms with Gasteiger partial charge in [-0.05, 0) is 42.3 Å². The standard InChI is InChI=1S/C24H27N3O5/c25-24(30)22-7-4-8-23(27-22)32-21-11-9-17(10-12-21)13-18(15-28)26-14-19(29)16-31-20-5-2-1-3-6-20/h1-12,18-19,26,28-29H,13-16H2,(H2,25,30)/t18-,19-/m0/s1. The highest BCUT2D eigenvalue weighted by Gasteiger charge is 2.12. The molecule has 2 aromatic carbocycles. The van der Waals surface area contributed by atoms with E-state index in [-0.39, 0.29) is 30.8 Å². The van der Waals surface area contributed by atoms with Crippen molar-refractivity contribution in [2.45, 2.75) is 18.6 Å². The number of benzene rings is 2. The number of ether oxygens (including phenoxy) is 2. The number of carbonyl (C=O) groups is 1. The van der Waals surface area contributed by atoms with E-state index in [9.17, 15) is 15.0 Å². The largest absolute Gasteiger partial charge is 0.491 e. The summed E-state index contributed by atoms with van der Waals surface area (Å²) >= 11 is 0. The molecule has 1 amide bonds. The van der Waals surface area contributed by atoms with Crippen LogP contribution in [0.4, 0.5) is 0 Å². The summed E-state index contributed by atoms with van der Waals surface area (Å²) < 4.78 is 11.2. The van der Waals surface area contributed by atoms with Crippen LogP contribution in [0.15, 0.2) is 72.8 Å². The summed E-state index contributed by atoms with van der Waals surface area (Å²) in [6, 6.07) is 21.2. The summed E-state index contributed by atoms with van der Waals surface area (Å²) in [7, 11) is 0. The lowest BCUT2D eigenvalue weighted by Crippen LogP contribution is -2.41. The SMILES string of the molecule is NC(=O)c1cccc(Oc2ccc(C[C@@H](CO)NC[C@H](O)COc3ccccc3)cc2)n1. The van der Waals surface area contributed by atoms with E-state index in [1.54, 1.807) is 24.3 Å². The first-order chi connectivity index (χ1) is 15.5. The molecule has 0 unspecified atom stereocenters. The number of amides is 1. The molecule has 0 radical (unpaired) electrons. The van der Waals surface area contributed by atoms with Crippen LogP contribution in [0.2, 0.25) is 0 Å². The van der Waals surface area contributed by atoms with E-state index in [0.717, 1.165) is 5.56 Å². The number of aliphatic hydroxyl groups is 2. The fourth-order valence-corrected chi connectivity index (χ4v) is 2.98. The molecule has 1 heterocycles. The maximum atomic E-state index is 11.2. The van der Waals surface area contributed by atoms with Crippen LogP contribution >= 0.6 is 0 Å². The molecule has 2 atom stereocenters. The van der Waals surface area contributed by atoms with Crippen molar-refractivity contribution in [3.05, 3.63) is 84.1 Å². The molecule has 0 aliphatic carbocycles. The fraction of sp³-hybridized carbons (Fsp3) is 0.250. The molecule has 3 aromatic rings. The summed E-state index contributed by atoms with van der Waals surface area (Å²) in [5.41, 5.74) is 6.35. The van der Waals surface area contributed by atoms with Crippen molar-refractivity contribution < 1.29 is 24.5 Å². The van der Waals surface area contributed by atoms with Gasteiger partial charge in [-0.15, -0.1) is 0 Å². The van der Waals surface area contributed by atoms with Crippen molar-refractivity contribution in [2.24, 2.45) is 5.73 Å². The van der Waals surface area contributed by atoms with Gasteiger partial charge < -0.3 is 30.7 Å². The first-order valence-electron chi connectivity index (χ1n) is 10.3. The Labute approximate surface area is 186 Å². The lowest BCUT2D eigenvalue weighted by Gasteiger charge is -2.19. The summed E-state index contributed by atoms with van der Waals surface area (Å²) in [5.74, 6) is 0.912. The van der Waals surface area contributed by atoms with Crippen LogP contribution < -0.4 is 20.5 Å². The Kier molecular flexibility index (Phi) is 8.56. The molecule has 168 valence electrons. The van der Waals surface area contributed by atoms with Gasteiger partial charge >= 0.3 is 0 Å². The third-order valence-corrected chi connectivity index (χ3v) is 4.65. The van der Waals surface area contributed by atoms with Gasteiger partial charge in [0, 0.05) is 18.7 Å². The van der Waals surface area contributed by atoms with Gasteiger partial charge in [-0.25, -0.2) is 4.98 Å². The lowest BCUT2D eigenvalue weighted by atomic mass is 10.1. The number of nitrogens with two attached hydrogens (primary N) is 1. The molecule has 0 aliphatic rings. The van der Waals surface area contributed by atoms with Gasteiger partial charge in [-0.3, -0.25) is 4.79 Å². The average molecular weight is 437 g/mol. The molecule has 0 fully saturated rings. The van der Waals surface area contributed by atoms with E-state index in [0.29, 0.717) is 24.5 Å². The fourth-order valence-electron chi connectivity index (χ4n) is 2.98. The first kappa shape index (κ1) is 23.2. The number of rotatable bonds is 12. The van der Waals surface area contributed by atoms with Gasteiger partial charge in [0.2, 0.25) is 5.88 Å². The van der Waals surface area contributed by atoms with E-state index in [1.165, 1.54) is 6.07 Å². The minimum Gasteiger partial charge on any atom is -0.491 e. The molecule has 0 aliphatic heterocycles. The molecule has 1 aromatic heterocycles. The third-order valence-electron chi connectivity index (χ3n) is 4.65. The number of pyridine rings is 1. The Bertz CT molecular complexity index is 982. The highest BCUT2D eigenvalue weighted by Crippen LogP contribution is 2.20. The van der Waals surface area contributed by atoms with E-state index in [4.69, 9.17) is 15.2 Å². The summed E-state index contributed by atoms with van der Waals surface area (Å²) in [6.07, 6.45) is -0.137. The first-order valence-corrected chi connectivity index (χ1v) is 10.3. The zero-order chi connectivity index (χ0) is 22.8. The molecule has 8 nitrogen and oxygen atoms in total. The van der Waals surface area contributed by atoms with Gasteiger partial charge in [0.05, 0.1) is 6.61 Å². The smallest absolute Gasteiger partial charge is 0.267 e. The number of hydrogen-bond donors (Lipinski definition) is 4. The maximum Gasteiger partial charge on any atom is 0.267 e. The van der Waals surface area contributed by atoms with Gasteiger partial charge in [0.25, 0.3) is 5.91 Å². The molecule has 32 heavy (non-hydrogen) atoms. The van der Waals surface area contributed by atoms with Crippen LogP contribution in [0.25, 0.3) is 0 Å². The highest BCUT2D eigenvalue weighted by atomic mass is 16.5. The van der Waals surface area contributed by atoms with Crippen LogP contribution in [0.3, 0.4) is 0 Å². The van der Waals surface area contributed by atoms with E-state index in [2.05, 4.69) is 10.3 Å². The maximum absolute atomic E-state index is 11.2. The Morgan fingerprint density at radius 2 is 1.75 bits per heavy atom. The topological polar surface area (TPSA) is 127 Å². The van der Waals surface area contributed by atoms with Crippen molar-refractivity contribution in [2.75, 3.05) is 19.8 Å². The zero-order valence-corrected chi connectivity index (χ0v) is 17.6. The number of nitrogens with zero attached hydrogens (tertiary/aromatic N) is 1. The van der Waals surface area contributed by atoms with Crippen molar-refractivity contribution in [1.82, 2.24) is 10.3 Å². The molecule has 5 N–H and O–H groups in total. The highest BCUT2D eigenvalue weighted by molar-refractivity contribution is 5.90. The Morgan fingerprint density at radius 1 is 1.00 bits per heavy atom. The Morgan fingerprint density at radius 3 is 2.44 bits per heavy atom. The zero-order valence-electron chi connectivity index (χ0n) is 17.6. The van der Waals surface area contributed by atoms with Crippen LogP contribution in [0.5, 0.6) is 17.4 Å². The van der Waals surface area contributed by atoms with Crippen molar-refractivity contribution in [3.8, 4) is 17.4 Å². The van der Waals surface area contributed by atoms with E-state index < -0.39 is 12.0 Å². The van der Waals surface area contributed by atoms with Crippen LogP contribution in [0, 0.1) is 0 Å². The second-order valence-corrected chi connectivity index (χ2v) is 7.24. The molecule has 0 saturated carbocycles. The summed E-state index contributed by atoms with van der Waals surface area (Å²) in [4.78, 5) is 15.3. The number of carbonyl (C=O) groups excluding carboxylic acids is 1. The van der Waals surface area contributed by atoms with Gasteiger partial charge in [0.1, 0.15) is 29.9 Å². The number of primary amides is 1. The molecule has 0 spiro atoms. The third kappa shape index (κ3) is 7.35. The Balaban J connectivity index is 1.46. The van der Waals surface area contributed by atoms with Gasteiger partial charge in [-0.2, -0.15) is 0 Å². The van der Waals surface area contributed by atoms with Crippen LogP contribution in [-0.2, 0) is 6.42 Å². The monoisotopic (exact) mass is 437 g/mol. The number of hydrogen-bond acceptors (Lipinski definition) is 7. The quantitative estimate of drug-likeness (QED) is 0.341. The van der Waals surface area contributed by atoms with Crippen molar-refractivity contribution in [1.29, 1.82) is 0 Å². The molecule has 0 saturated heterocycles. The molecule has 0 bridgehead atoms. The summed E-state index contributed by atoms with van der Waals surface area (Å²) in [5, 5.41) is 23.0. The number of nitrogens with one attached hydrogen (secondary N) is 1.